The van der Waals surface area contributed by atoms with Gasteiger partial charge in [0.25, 0.3) is 0 Å². The van der Waals surface area contributed by atoms with Crippen LogP contribution in [0.3, 0.4) is 0 Å². The summed E-state index contributed by atoms with van der Waals surface area (Å²) in [6.45, 7) is 9.22. The second-order valence-corrected chi connectivity index (χ2v) is 6.29. The molecule has 1 aromatic carbocycles. The third-order valence-corrected chi connectivity index (χ3v) is 4.51. The molecular formula is C20H33N3O3. The fourth-order valence-electron chi connectivity index (χ4n) is 3.14. The lowest BCUT2D eigenvalue weighted by atomic mass is 9.99. The molecular weight excluding hydrogens is 330 g/mol. The monoisotopic (exact) mass is 363 g/mol. The summed E-state index contributed by atoms with van der Waals surface area (Å²) in [4.78, 5) is 7.12. The SMILES string of the molecule is CCNC(=NCCCCOCC)N1CCc2cc(OC)c(OC)cc2C1. The Hall–Kier alpha value is -1.95. The van der Waals surface area contributed by atoms with E-state index in [0.29, 0.717) is 0 Å². The fourth-order valence-corrected chi connectivity index (χ4v) is 3.14. The molecule has 1 heterocycles. The van der Waals surface area contributed by atoms with Gasteiger partial charge >= 0.3 is 0 Å². The van der Waals surface area contributed by atoms with Crippen LogP contribution in [0.25, 0.3) is 0 Å². The van der Waals surface area contributed by atoms with Gasteiger partial charge in [-0.2, -0.15) is 0 Å². The van der Waals surface area contributed by atoms with Gasteiger partial charge in [-0.15, -0.1) is 0 Å². The lowest BCUT2D eigenvalue weighted by Crippen LogP contribution is -2.44. The molecule has 0 saturated carbocycles. The molecule has 0 radical (unpaired) electrons. The van der Waals surface area contributed by atoms with Crippen LogP contribution in [0.1, 0.15) is 37.8 Å². The van der Waals surface area contributed by atoms with E-state index >= 15 is 0 Å². The Morgan fingerprint density at radius 2 is 1.85 bits per heavy atom. The Kier molecular flexibility index (Phi) is 8.54. The number of benzene rings is 1. The first-order valence-corrected chi connectivity index (χ1v) is 9.58. The maximum absolute atomic E-state index is 5.46. The van der Waals surface area contributed by atoms with E-state index in [1.165, 1.54) is 11.1 Å². The Labute approximate surface area is 157 Å². The summed E-state index contributed by atoms with van der Waals surface area (Å²) < 4.78 is 16.3. The minimum absolute atomic E-state index is 0.783. The van der Waals surface area contributed by atoms with Crippen LogP contribution in [0.4, 0.5) is 0 Å². The lowest BCUT2D eigenvalue weighted by molar-refractivity contribution is 0.144. The van der Waals surface area contributed by atoms with Crippen LogP contribution in [0.5, 0.6) is 11.5 Å². The third kappa shape index (κ3) is 5.53. The van der Waals surface area contributed by atoms with E-state index in [1.807, 2.05) is 6.92 Å². The zero-order chi connectivity index (χ0) is 18.8. The first-order chi connectivity index (χ1) is 12.7. The molecule has 0 saturated heterocycles. The Balaban J connectivity index is 2.02. The molecule has 1 aliphatic heterocycles. The average Bonchev–Trinajstić information content (AvgIpc) is 2.68. The molecule has 2 rings (SSSR count). The van der Waals surface area contributed by atoms with Gasteiger partial charge in [0, 0.05) is 39.4 Å². The van der Waals surface area contributed by atoms with Crippen molar-refractivity contribution in [2.45, 2.75) is 39.7 Å². The highest BCUT2D eigenvalue weighted by Gasteiger charge is 2.21. The summed E-state index contributed by atoms with van der Waals surface area (Å²) >= 11 is 0. The lowest BCUT2D eigenvalue weighted by Gasteiger charge is -2.32. The molecule has 146 valence electrons. The van der Waals surface area contributed by atoms with Gasteiger partial charge in [-0.3, -0.25) is 4.99 Å². The van der Waals surface area contributed by atoms with Crippen LogP contribution in [0.15, 0.2) is 17.1 Å². The highest BCUT2D eigenvalue weighted by molar-refractivity contribution is 5.80. The van der Waals surface area contributed by atoms with Crippen LogP contribution in [-0.2, 0) is 17.7 Å². The van der Waals surface area contributed by atoms with Crippen LogP contribution < -0.4 is 14.8 Å². The predicted molar refractivity (Wildman–Crippen MR) is 105 cm³/mol. The molecule has 0 aliphatic carbocycles. The number of ether oxygens (including phenoxy) is 3. The Morgan fingerprint density at radius 1 is 1.12 bits per heavy atom. The molecule has 1 N–H and O–H groups in total. The first-order valence-electron chi connectivity index (χ1n) is 9.58. The molecule has 0 fully saturated rings. The van der Waals surface area contributed by atoms with E-state index in [-0.39, 0.29) is 0 Å². The zero-order valence-electron chi connectivity index (χ0n) is 16.6. The van der Waals surface area contributed by atoms with Crippen molar-refractivity contribution in [3.05, 3.63) is 23.3 Å². The van der Waals surface area contributed by atoms with E-state index < -0.39 is 0 Å². The quantitative estimate of drug-likeness (QED) is 0.415. The van der Waals surface area contributed by atoms with Gasteiger partial charge in [-0.25, -0.2) is 0 Å². The maximum Gasteiger partial charge on any atom is 0.194 e. The predicted octanol–water partition coefficient (Wildman–Crippen LogP) is 2.84. The van der Waals surface area contributed by atoms with E-state index in [1.54, 1.807) is 14.2 Å². The zero-order valence-corrected chi connectivity index (χ0v) is 16.6. The summed E-state index contributed by atoms with van der Waals surface area (Å²) in [5, 5.41) is 3.43. The molecule has 1 aromatic rings. The fraction of sp³-hybridized carbons (Fsp3) is 0.650. The Morgan fingerprint density at radius 3 is 2.50 bits per heavy atom. The number of nitrogens with zero attached hydrogens (tertiary/aromatic N) is 2. The van der Waals surface area contributed by atoms with Gasteiger partial charge in [-0.05, 0) is 56.4 Å². The van der Waals surface area contributed by atoms with E-state index in [2.05, 4.69) is 29.3 Å². The summed E-state index contributed by atoms with van der Waals surface area (Å²) in [5.74, 6) is 2.57. The molecule has 0 amide bonds. The van der Waals surface area contributed by atoms with Gasteiger partial charge in [0.05, 0.1) is 14.2 Å². The van der Waals surface area contributed by atoms with Crippen molar-refractivity contribution in [2.24, 2.45) is 4.99 Å². The summed E-state index contributed by atoms with van der Waals surface area (Å²) in [6.07, 6.45) is 3.07. The highest BCUT2D eigenvalue weighted by atomic mass is 16.5. The summed E-state index contributed by atoms with van der Waals surface area (Å²) in [7, 11) is 3.36. The number of nitrogens with one attached hydrogen (secondary N) is 1. The molecule has 26 heavy (non-hydrogen) atoms. The number of hydrogen-bond acceptors (Lipinski definition) is 4. The normalized spacial score (nSPS) is 14.2. The van der Waals surface area contributed by atoms with Gasteiger partial charge < -0.3 is 24.4 Å². The van der Waals surface area contributed by atoms with Crippen molar-refractivity contribution < 1.29 is 14.2 Å². The summed E-state index contributed by atoms with van der Waals surface area (Å²) in [5.41, 5.74) is 2.60. The van der Waals surface area contributed by atoms with E-state index in [4.69, 9.17) is 19.2 Å². The molecule has 0 bridgehead atoms. The second-order valence-electron chi connectivity index (χ2n) is 6.29. The number of hydrogen-bond donors (Lipinski definition) is 1. The van der Waals surface area contributed by atoms with Crippen LogP contribution in [0.2, 0.25) is 0 Å². The standard InChI is InChI=1S/C20H33N3O3/c1-5-21-20(22-10-7-8-12-26-6-2)23-11-9-16-13-18(24-3)19(25-4)14-17(16)15-23/h13-14H,5-12,15H2,1-4H3,(H,21,22). The number of unbranched alkanes of at least 4 members (excludes halogenated alkanes) is 1. The number of guanidine groups is 1. The number of rotatable bonds is 9. The van der Waals surface area contributed by atoms with E-state index in [0.717, 1.165) is 76.1 Å². The van der Waals surface area contributed by atoms with Crippen LogP contribution >= 0.6 is 0 Å². The van der Waals surface area contributed by atoms with Gasteiger partial charge in [0.15, 0.2) is 17.5 Å². The van der Waals surface area contributed by atoms with Crippen molar-refractivity contribution in [3.8, 4) is 11.5 Å². The van der Waals surface area contributed by atoms with Crippen molar-refractivity contribution in [1.82, 2.24) is 10.2 Å². The van der Waals surface area contributed by atoms with E-state index in [9.17, 15) is 0 Å². The topological polar surface area (TPSA) is 55.3 Å². The molecule has 1 aliphatic rings. The summed E-state index contributed by atoms with van der Waals surface area (Å²) in [6, 6.07) is 4.19. The molecule has 0 atom stereocenters. The van der Waals surface area contributed by atoms with Crippen molar-refractivity contribution >= 4 is 5.96 Å². The average molecular weight is 364 g/mol. The van der Waals surface area contributed by atoms with Gasteiger partial charge in [0.2, 0.25) is 0 Å². The number of aliphatic imine (C=N–C) groups is 1. The van der Waals surface area contributed by atoms with Crippen LogP contribution in [-0.4, -0.2) is 57.9 Å². The Bertz CT molecular complexity index is 590. The molecule has 6 heteroatoms. The van der Waals surface area contributed by atoms with Crippen molar-refractivity contribution in [2.75, 3.05) is 47.1 Å². The number of methoxy groups -OCH3 is 2. The number of fused-ring (bicyclic) bond motifs is 1. The maximum atomic E-state index is 5.46. The highest BCUT2D eigenvalue weighted by Crippen LogP contribution is 2.33. The smallest absolute Gasteiger partial charge is 0.194 e. The molecule has 6 nitrogen and oxygen atoms in total. The molecule has 0 unspecified atom stereocenters. The largest absolute Gasteiger partial charge is 0.493 e. The van der Waals surface area contributed by atoms with Crippen molar-refractivity contribution in [1.29, 1.82) is 0 Å². The third-order valence-electron chi connectivity index (χ3n) is 4.51. The van der Waals surface area contributed by atoms with Crippen molar-refractivity contribution in [3.63, 3.8) is 0 Å². The first kappa shape index (κ1) is 20.4. The molecule has 0 spiro atoms. The van der Waals surface area contributed by atoms with Gasteiger partial charge in [0.1, 0.15) is 0 Å². The minimum atomic E-state index is 0.783. The minimum Gasteiger partial charge on any atom is -0.493 e. The second kappa shape index (κ2) is 10.9. The van der Waals surface area contributed by atoms with Gasteiger partial charge in [-0.1, -0.05) is 0 Å². The molecule has 0 aromatic heterocycles. The van der Waals surface area contributed by atoms with Crippen LogP contribution in [0, 0.1) is 0 Å².